The van der Waals surface area contributed by atoms with Crippen molar-refractivity contribution in [2.24, 2.45) is 0 Å². The third-order valence-corrected chi connectivity index (χ3v) is 4.81. The number of aliphatic hydroxyl groups is 1. The predicted molar refractivity (Wildman–Crippen MR) is 101 cm³/mol. The van der Waals surface area contributed by atoms with E-state index in [1.807, 2.05) is 35.2 Å². The monoisotopic (exact) mass is 338 g/mol. The summed E-state index contributed by atoms with van der Waals surface area (Å²) in [6.07, 6.45) is 1.60. The van der Waals surface area contributed by atoms with Gasteiger partial charge in [0.25, 0.3) is 0 Å². The van der Waals surface area contributed by atoms with Gasteiger partial charge in [0.1, 0.15) is 0 Å². The molecule has 1 unspecified atom stereocenters. The minimum Gasteiger partial charge on any atom is -0.396 e. The number of nitrogens with zero attached hydrogens (tertiary/aromatic N) is 2. The van der Waals surface area contributed by atoms with Gasteiger partial charge in [-0.15, -0.1) is 0 Å². The van der Waals surface area contributed by atoms with E-state index in [1.165, 1.54) is 11.1 Å². The Morgan fingerprint density at radius 3 is 2.48 bits per heavy atom. The second-order valence-electron chi connectivity index (χ2n) is 6.73. The smallest absolute Gasteiger partial charge is 0.241 e. The fraction of sp³-hybridized carbons (Fsp3) is 0.381. The fourth-order valence-corrected chi connectivity index (χ4v) is 3.41. The maximum atomic E-state index is 12.7. The Hall–Kier alpha value is -2.17. The van der Waals surface area contributed by atoms with Gasteiger partial charge in [0.2, 0.25) is 5.91 Å². The van der Waals surface area contributed by atoms with E-state index in [2.05, 4.69) is 36.1 Å². The maximum absolute atomic E-state index is 12.7. The molecule has 1 saturated heterocycles. The third-order valence-electron chi connectivity index (χ3n) is 4.81. The Bertz CT molecular complexity index is 685. The second-order valence-corrected chi connectivity index (χ2v) is 6.73. The zero-order valence-corrected chi connectivity index (χ0v) is 14.8. The normalized spacial score (nSPS) is 18.6. The van der Waals surface area contributed by atoms with E-state index in [4.69, 9.17) is 0 Å². The highest BCUT2D eigenvalue weighted by Crippen LogP contribution is 2.23. The molecule has 1 atom stereocenters. The lowest BCUT2D eigenvalue weighted by molar-refractivity contribution is -0.122. The first kappa shape index (κ1) is 17.6. The molecule has 1 aliphatic heterocycles. The van der Waals surface area contributed by atoms with Crippen LogP contribution in [0.5, 0.6) is 0 Å². The van der Waals surface area contributed by atoms with E-state index in [9.17, 15) is 9.90 Å². The number of aliphatic hydroxyl groups excluding tert-OH is 1. The second kappa shape index (κ2) is 8.28. The van der Waals surface area contributed by atoms with Gasteiger partial charge in [-0.1, -0.05) is 48.0 Å². The third kappa shape index (κ3) is 4.47. The number of anilines is 1. The van der Waals surface area contributed by atoms with Gasteiger partial charge < -0.3 is 10.0 Å². The zero-order valence-electron chi connectivity index (χ0n) is 14.8. The quantitative estimate of drug-likeness (QED) is 0.881. The van der Waals surface area contributed by atoms with Crippen molar-refractivity contribution in [1.82, 2.24) is 4.90 Å². The van der Waals surface area contributed by atoms with Crippen LogP contribution in [0.25, 0.3) is 0 Å². The van der Waals surface area contributed by atoms with Gasteiger partial charge in [-0.2, -0.15) is 0 Å². The summed E-state index contributed by atoms with van der Waals surface area (Å²) in [6, 6.07) is 18.8. The van der Waals surface area contributed by atoms with Crippen LogP contribution in [0.4, 0.5) is 5.69 Å². The minimum atomic E-state index is 0.131. The molecule has 0 bridgehead atoms. The van der Waals surface area contributed by atoms with Crippen molar-refractivity contribution in [2.75, 3.05) is 31.1 Å². The summed E-state index contributed by atoms with van der Waals surface area (Å²) in [5.41, 5.74) is 3.44. The van der Waals surface area contributed by atoms with Crippen LogP contribution in [0.1, 0.15) is 17.5 Å². The van der Waals surface area contributed by atoms with Gasteiger partial charge in [0.15, 0.2) is 0 Å². The van der Waals surface area contributed by atoms with Crippen LogP contribution in [-0.2, 0) is 11.2 Å². The van der Waals surface area contributed by atoms with E-state index in [1.54, 1.807) is 0 Å². The molecule has 1 aliphatic rings. The molecular formula is C21H26N2O2. The molecule has 1 amide bonds. The summed E-state index contributed by atoms with van der Waals surface area (Å²) >= 11 is 0. The highest BCUT2D eigenvalue weighted by molar-refractivity contribution is 5.95. The Morgan fingerprint density at radius 2 is 1.80 bits per heavy atom. The number of amides is 1. The fourth-order valence-electron chi connectivity index (χ4n) is 3.41. The molecule has 1 heterocycles. The summed E-state index contributed by atoms with van der Waals surface area (Å²) in [7, 11) is 0. The molecule has 0 saturated carbocycles. The van der Waals surface area contributed by atoms with Crippen LogP contribution in [0.15, 0.2) is 54.6 Å². The number of rotatable bonds is 6. The molecule has 2 aromatic carbocycles. The first-order chi connectivity index (χ1) is 12.2. The maximum Gasteiger partial charge on any atom is 0.241 e. The summed E-state index contributed by atoms with van der Waals surface area (Å²) < 4.78 is 0. The average molecular weight is 338 g/mol. The number of carbonyl (C=O) groups excluding carboxylic acids is 1. The molecule has 3 rings (SSSR count). The van der Waals surface area contributed by atoms with Crippen molar-refractivity contribution in [1.29, 1.82) is 0 Å². The van der Waals surface area contributed by atoms with Crippen molar-refractivity contribution in [3.8, 4) is 0 Å². The lowest BCUT2D eigenvalue weighted by Crippen LogP contribution is -2.57. The summed E-state index contributed by atoms with van der Waals surface area (Å²) in [6.45, 7) is 4.05. The van der Waals surface area contributed by atoms with Crippen molar-refractivity contribution in [3.63, 3.8) is 0 Å². The summed E-state index contributed by atoms with van der Waals surface area (Å²) in [4.78, 5) is 16.8. The lowest BCUT2D eigenvalue weighted by atomic mass is 10.0. The minimum absolute atomic E-state index is 0.131. The number of benzene rings is 2. The van der Waals surface area contributed by atoms with Crippen LogP contribution in [0, 0.1) is 6.92 Å². The van der Waals surface area contributed by atoms with Crippen molar-refractivity contribution >= 4 is 11.6 Å². The SMILES string of the molecule is Cc1ccc(N2CC(Cc3ccccc3)N(CCCO)CC2=O)cc1. The van der Waals surface area contributed by atoms with Gasteiger partial charge >= 0.3 is 0 Å². The topological polar surface area (TPSA) is 43.8 Å². The standard InChI is InChI=1S/C21H26N2O2/c1-17-8-10-19(11-9-17)23-15-20(14-18-6-3-2-4-7-18)22(12-5-13-24)16-21(23)25/h2-4,6-11,20,24H,5,12-16H2,1H3. The van der Waals surface area contributed by atoms with Crippen molar-refractivity contribution in [3.05, 3.63) is 65.7 Å². The molecule has 0 spiro atoms. The predicted octanol–water partition coefficient (Wildman–Crippen LogP) is 2.64. The van der Waals surface area contributed by atoms with E-state index >= 15 is 0 Å². The largest absolute Gasteiger partial charge is 0.396 e. The van der Waals surface area contributed by atoms with Gasteiger partial charge in [-0.3, -0.25) is 9.69 Å². The highest BCUT2D eigenvalue weighted by Gasteiger charge is 2.32. The molecule has 132 valence electrons. The molecule has 0 radical (unpaired) electrons. The van der Waals surface area contributed by atoms with E-state index in [-0.39, 0.29) is 18.6 Å². The first-order valence-corrected chi connectivity index (χ1v) is 8.93. The highest BCUT2D eigenvalue weighted by atomic mass is 16.3. The summed E-state index contributed by atoms with van der Waals surface area (Å²) in [5.74, 6) is 0.131. The number of piperazine rings is 1. The number of hydrogen-bond donors (Lipinski definition) is 1. The Balaban J connectivity index is 1.79. The number of aryl methyl sites for hydroxylation is 1. The molecule has 0 aliphatic carbocycles. The average Bonchev–Trinajstić information content (AvgIpc) is 2.63. The Labute approximate surface area is 149 Å². The van der Waals surface area contributed by atoms with E-state index < -0.39 is 0 Å². The molecule has 4 heteroatoms. The van der Waals surface area contributed by atoms with Gasteiger partial charge in [-0.05, 0) is 37.5 Å². The Kier molecular flexibility index (Phi) is 5.84. The molecular weight excluding hydrogens is 312 g/mol. The molecule has 0 aromatic heterocycles. The van der Waals surface area contributed by atoms with Crippen LogP contribution in [-0.4, -0.2) is 48.2 Å². The molecule has 1 fully saturated rings. The number of carbonyl (C=O) groups is 1. The first-order valence-electron chi connectivity index (χ1n) is 8.93. The molecule has 1 N–H and O–H groups in total. The molecule has 2 aromatic rings. The van der Waals surface area contributed by atoms with E-state index in [0.29, 0.717) is 19.5 Å². The van der Waals surface area contributed by atoms with Crippen LogP contribution in [0.3, 0.4) is 0 Å². The van der Waals surface area contributed by atoms with E-state index in [0.717, 1.165) is 18.7 Å². The van der Waals surface area contributed by atoms with Gasteiger partial charge in [0, 0.05) is 31.4 Å². The lowest BCUT2D eigenvalue weighted by Gasteiger charge is -2.41. The van der Waals surface area contributed by atoms with Crippen molar-refractivity contribution < 1.29 is 9.90 Å². The zero-order chi connectivity index (χ0) is 17.6. The van der Waals surface area contributed by atoms with Gasteiger partial charge in [-0.25, -0.2) is 0 Å². The summed E-state index contributed by atoms with van der Waals surface area (Å²) in [5, 5.41) is 9.17. The van der Waals surface area contributed by atoms with Crippen molar-refractivity contribution in [2.45, 2.75) is 25.8 Å². The van der Waals surface area contributed by atoms with Crippen LogP contribution < -0.4 is 4.90 Å². The molecule has 4 nitrogen and oxygen atoms in total. The van der Waals surface area contributed by atoms with Crippen LogP contribution >= 0.6 is 0 Å². The van der Waals surface area contributed by atoms with Gasteiger partial charge in [0.05, 0.1) is 6.54 Å². The van der Waals surface area contributed by atoms with Crippen LogP contribution in [0.2, 0.25) is 0 Å². The molecule has 25 heavy (non-hydrogen) atoms. The Morgan fingerprint density at radius 1 is 1.08 bits per heavy atom. The number of hydrogen-bond acceptors (Lipinski definition) is 3.